The second kappa shape index (κ2) is 9.59. The Hall–Kier alpha value is -2.18. The molecule has 2 aliphatic rings. The Balaban J connectivity index is 1.34. The van der Waals surface area contributed by atoms with Gasteiger partial charge in [-0.05, 0) is 66.2 Å². The van der Waals surface area contributed by atoms with Crippen molar-refractivity contribution in [1.29, 1.82) is 0 Å². The third-order valence-electron chi connectivity index (χ3n) is 7.21. The predicted molar refractivity (Wildman–Crippen MR) is 134 cm³/mol. The van der Waals surface area contributed by atoms with E-state index in [0.29, 0.717) is 6.42 Å². The van der Waals surface area contributed by atoms with Crippen LogP contribution in [0.15, 0.2) is 66.0 Å². The van der Waals surface area contributed by atoms with Crippen molar-refractivity contribution in [3.63, 3.8) is 0 Å². The van der Waals surface area contributed by atoms with E-state index in [2.05, 4.69) is 40.5 Å². The van der Waals surface area contributed by atoms with Gasteiger partial charge in [-0.25, -0.2) is 0 Å². The molecule has 6 heteroatoms. The minimum Gasteiger partial charge on any atom is -0.378 e. The third-order valence-corrected chi connectivity index (χ3v) is 8.32. The van der Waals surface area contributed by atoms with Gasteiger partial charge in [0.15, 0.2) is 0 Å². The largest absolute Gasteiger partial charge is 0.378 e. The Morgan fingerprint density at radius 1 is 1.15 bits per heavy atom. The van der Waals surface area contributed by atoms with E-state index in [0.717, 1.165) is 42.4 Å². The number of halogens is 1. The molecule has 1 aliphatic carbocycles. The van der Waals surface area contributed by atoms with Crippen LogP contribution in [0.3, 0.4) is 0 Å². The van der Waals surface area contributed by atoms with Crippen LogP contribution < -0.4 is 5.32 Å². The molecular weight excluding hydrogens is 452 g/mol. The predicted octanol–water partition coefficient (Wildman–Crippen LogP) is 5.36. The fraction of sp³-hybridized carbons (Fsp3) is 0.370. The summed E-state index contributed by atoms with van der Waals surface area (Å²) in [5, 5.41) is 6.11. The molecule has 33 heavy (non-hydrogen) atoms. The number of rotatable bonds is 6. The second-order valence-corrected chi connectivity index (χ2v) is 10.6. The van der Waals surface area contributed by atoms with Gasteiger partial charge in [-0.15, -0.1) is 11.3 Å². The van der Waals surface area contributed by atoms with Gasteiger partial charge in [0.1, 0.15) is 0 Å². The highest BCUT2D eigenvalue weighted by atomic mass is 35.5. The van der Waals surface area contributed by atoms with E-state index >= 15 is 0 Å². The number of likely N-dealkylation sites (tertiary alicyclic amines) is 1. The van der Waals surface area contributed by atoms with E-state index in [-0.39, 0.29) is 23.5 Å². The average molecular weight is 481 g/mol. The monoisotopic (exact) mass is 480 g/mol. The third kappa shape index (κ3) is 4.47. The van der Waals surface area contributed by atoms with Gasteiger partial charge in [0.2, 0.25) is 5.91 Å². The van der Waals surface area contributed by atoms with Crippen LogP contribution in [0.2, 0.25) is 5.02 Å². The van der Waals surface area contributed by atoms with Crippen molar-refractivity contribution in [1.82, 2.24) is 10.2 Å². The number of benzene rings is 2. The number of amides is 1. The summed E-state index contributed by atoms with van der Waals surface area (Å²) in [5.41, 5.74) is 3.69. The summed E-state index contributed by atoms with van der Waals surface area (Å²) in [6, 6.07) is 20.6. The number of nitrogens with zero attached hydrogens (tertiary/aromatic N) is 1. The summed E-state index contributed by atoms with van der Waals surface area (Å²) in [7, 11) is 1.79. The van der Waals surface area contributed by atoms with E-state index < -0.39 is 0 Å². The number of fused-ring (bicyclic) bond motifs is 2. The molecule has 1 spiro atoms. The number of carbonyl (C=O) groups is 1. The minimum atomic E-state index is -0.127. The summed E-state index contributed by atoms with van der Waals surface area (Å²) in [5.74, 6) is 0.0507. The smallest absolute Gasteiger partial charge is 0.225 e. The average Bonchev–Trinajstić information content (AvgIpc) is 3.41. The zero-order chi connectivity index (χ0) is 22.8. The minimum absolute atomic E-state index is 0.0507. The Kier molecular flexibility index (Phi) is 6.57. The summed E-state index contributed by atoms with van der Waals surface area (Å²) in [6.45, 7) is 2.87. The number of hydrogen-bond acceptors (Lipinski definition) is 4. The van der Waals surface area contributed by atoms with Crippen LogP contribution in [-0.4, -0.2) is 37.1 Å². The van der Waals surface area contributed by atoms with Crippen molar-refractivity contribution in [3.05, 3.63) is 92.6 Å². The molecule has 1 N–H and O–H groups in total. The van der Waals surface area contributed by atoms with Crippen LogP contribution >= 0.6 is 22.9 Å². The molecule has 1 saturated heterocycles. The van der Waals surface area contributed by atoms with Crippen LogP contribution in [0.1, 0.15) is 40.5 Å². The lowest BCUT2D eigenvalue weighted by Crippen LogP contribution is -2.50. The number of piperidine rings is 1. The van der Waals surface area contributed by atoms with Gasteiger partial charge in [0.05, 0.1) is 18.6 Å². The maximum Gasteiger partial charge on any atom is 0.225 e. The van der Waals surface area contributed by atoms with Crippen molar-refractivity contribution in [2.24, 2.45) is 0 Å². The van der Waals surface area contributed by atoms with E-state index in [4.69, 9.17) is 16.3 Å². The number of thiophene rings is 1. The van der Waals surface area contributed by atoms with Crippen molar-refractivity contribution >= 4 is 28.8 Å². The molecule has 1 aliphatic heterocycles. The lowest BCUT2D eigenvalue weighted by Gasteiger charge is -2.44. The number of ether oxygens (including phenoxy) is 1. The van der Waals surface area contributed by atoms with Crippen molar-refractivity contribution in [3.8, 4) is 0 Å². The fourth-order valence-electron chi connectivity index (χ4n) is 5.73. The molecule has 1 amide bonds. The zero-order valence-electron chi connectivity index (χ0n) is 18.8. The van der Waals surface area contributed by atoms with E-state index in [1.165, 1.54) is 16.7 Å². The molecule has 0 bridgehead atoms. The van der Waals surface area contributed by atoms with Crippen LogP contribution in [0.25, 0.3) is 0 Å². The first-order chi connectivity index (χ1) is 16.1. The number of carbonyl (C=O) groups excluding carboxylic acids is 1. The lowest BCUT2D eigenvalue weighted by molar-refractivity contribution is -0.122. The maximum atomic E-state index is 12.9. The Bertz CT molecular complexity index is 1110. The van der Waals surface area contributed by atoms with E-state index in [1.54, 1.807) is 18.4 Å². The van der Waals surface area contributed by atoms with Crippen molar-refractivity contribution in [2.75, 3.05) is 20.2 Å². The van der Waals surface area contributed by atoms with Gasteiger partial charge in [0.25, 0.3) is 0 Å². The molecule has 0 saturated carbocycles. The Morgan fingerprint density at radius 3 is 2.70 bits per heavy atom. The van der Waals surface area contributed by atoms with Crippen LogP contribution in [0.4, 0.5) is 0 Å². The van der Waals surface area contributed by atoms with Gasteiger partial charge in [-0.3, -0.25) is 9.69 Å². The summed E-state index contributed by atoms with van der Waals surface area (Å²) in [4.78, 5) is 16.5. The van der Waals surface area contributed by atoms with Crippen LogP contribution in [-0.2, 0) is 27.9 Å². The number of hydrogen-bond donors (Lipinski definition) is 1. The summed E-state index contributed by atoms with van der Waals surface area (Å²) in [6.07, 6.45) is 2.34. The molecule has 4 nitrogen and oxygen atoms in total. The standard InChI is InChI=1S/C27H29ClN2O2S/c1-32-26-25(29-24(31)17-21-8-5-15-33-21)22-9-2-3-10-23(22)27(26)11-13-30(14-12-27)18-19-6-4-7-20(28)16-19/h2-10,15-16,25-26H,11-14,17-18H2,1H3,(H,29,31)/t25-,26+/m1/s1. The molecule has 0 unspecified atom stereocenters. The summed E-state index contributed by atoms with van der Waals surface area (Å²) < 4.78 is 6.16. The Labute approximate surface area is 204 Å². The Morgan fingerprint density at radius 2 is 1.97 bits per heavy atom. The van der Waals surface area contributed by atoms with E-state index in [9.17, 15) is 4.79 Å². The molecule has 0 radical (unpaired) electrons. The molecule has 172 valence electrons. The highest BCUT2D eigenvalue weighted by molar-refractivity contribution is 7.10. The van der Waals surface area contributed by atoms with Gasteiger partial charge in [-0.1, -0.05) is 54.1 Å². The lowest BCUT2D eigenvalue weighted by atomic mass is 9.72. The first kappa shape index (κ1) is 22.6. The van der Waals surface area contributed by atoms with Gasteiger partial charge >= 0.3 is 0 Å². The van der Waals surface area contributed by atoms with Crippen LogP contribution in [0, 0.1) is 0 Å². The molecule has 2 heterocycles. The molecule has 1 aromatic heterocycles. The summed E-state index contributed by atoms with van der Waals surface area (Å²) >= 11 is 7.81. The number of nitrogens with one attached hydrogen (secondary N) is 1. The molecule has 1 fully saturated rings. The SMILES string of the molecule is CO[C@H]1[C@H](NC(=O)Cc2cccs2)c2ccccc2C12CCN(Cc1cccc(Cl)c1)CC2. The highest BCUT2D eigenvalue weighted by Gasteiger charge is 2.53. The zero-order valence-corrected chi connectivity index (χ0v) is 20.4. The molecule has 5 rings (SSSR count). The molecular formula is C27H29ClN2O2S. The van der Waals surface area contributed by atoms with Crippen molar-refractivity contribution in [2.45, 2.75) is 43.4 Å². The second-order valence-electron chi connectivity index (χ2n) is 9.11. The molecule has 2 atom stereocenters. The highest BCUT2D eigenvalue weighted by Crippen LogP contribution is 2.52. The maximum absolute atomic E-state index is 12.9. The van der Waals surface area contributed by atoms with E-state index in [1.807, 2.05) is 35.7 Å². The first-order valence-corrected chi connectivity index (χ1v) is 12.8. The molecule has 2 aromatic carbocycles. The van der Waals surface area contributed by atoms with Gasteiger partial charge in [-0.2, -0.15) is 0 Å². The topological polar surface area (TPSA) is 41.6 Å². The quantitative estimate of drug-likeness (QED) is 0.516. The molecule has 3 aromatic rings. The van der Waals surface area contributed by atoms with Crippen molar-refractivity contribution < 1.29 is 9.53 Å². The van der Waals surface area contributed by atoms with Gasteiger partial charge in [0, 0.05) is 29.0 Å². The fourth-order valence-corrected chi connectivity index (χ4v) is 6.64. The van der Waals surface area contributed by atoms with Crippen LogP contribution in [0.5, 0.6) is 0 Å². The first-order valence-electron chi connectivity index (χ1n) is 11.5. The van der Waals surface area contributed by atoms with Gasteiger partial charge < -0.3 is 10.1 Å². The normalized spacial score (nSPS) is 21.8. The number of methoxy groups -OCH3 is 1.